The zero-order valence-corrected chi connectivity index (χ0v) is 33.3. The van der Waals surface area contributed by atoms with Gasteiger partial charge in [-0.1, -0.05) is 66.0 Å². The van der Waals surface area contributed by atoms with Gasteiger partial charge in [0.2, 0.25) is 11.8 Å². The maximum atomic E-state index is 14.5. The number of carboxylic acids is 1. The average Bonchev–Trinajstić information content (AvgIpc) is 3.48. The largest absolute Gasteiger partial charge is 0.480 e. The first-order valence-electron chi connectivity index (χ1n) is 20.4. The van der Waals surface area contributed by atoms with E-state index in [4.69, 9.17) is 5.11 Å². The Balaban J connectivity index is 1.28. The van der Waals surface area contributed by atoms with Crippen LogP contribution in [0.5, 0.6) is 0 Å². The van der Waals surface area contributed by atoms with Crippen molar-refractivity contribution in [3.05, 3.63) is 12.2 Å². The maximum absolute atomic E-state index is 14.5. The van der Waals surface area contributed by atoms with E-state index in [9.17, 15) is 24.6 Å². The number of hydrogen-bond acceptors (Lipinski definition) is 6. The molecule has 8 nitrogen and oxygen atoms in total. The van der Waals surface area contributed by atoms with E-state index < -0.39 is 5.97 Å². The second-order valence-electron chi connectivity index (χ2n) is 18.7. The molecule has 0 bridgehead atoms. The van der Waals surface area contributed by atoms with Crippen molar-refractivity contribution in [3.63, 3.8) is 0 Å². The molecule has 0 radical (unpaired) electrons. The minimum atomic E-state index is -1.03. The Morgan fingerprint density at radius 2 is 1.53 bits per heavy atom. The van der Waals surface area contributed by atoms with Crippen LogP contribution in [0.25, 0.3) is 0 Å². The van der Waals surface area contributed by atoms with E-state index in [-0.39, 0.29) is 58.1 Å². The predicted molar refractivity (Wildman–Crippen MR) is 205 cm³/mol. The zero-order valence-electron chi connectivity index (χ0n) is 32.5. The van der Waals surface area contributed by atoms with E-state index in [0.717, 1.165) is 76.4 Å². The minimum Gasteiger partial charge on any atom is -0.480 e. The Morgan fingerprint density at radius 1 is 0.804 bits per heavy atom. The molecular formula is C42H70N2O6S. The molecule has 5 fully saturated rings. The summed E-state index contributed by atoms with van der Waals surface area (Å²) in [5.41, 5.74) is 1.40. The molecule has 5 N–H and O–H groups in total. The topological polar surface area (TPSA) is 136 Å². The lowest BCUT2D eigenvalue weighted by Crippen LogP contribution is -2.67. The van der Waals surface area contributed by atoms with E-state index in [1.165, 1.54) is 31.3 Å². The molecule has 10 atom stereocenters. The molecule has 0 aromatic rings. The molecule has 2 amide bonds. The van der Waals surface area contributed by atoms with E-state index in [1.807, 2.05) is 0 Å². The van der Waals surface area contributed by atoms with Crippen molar-refractivity contribution in [1.82, 2.24) is 10.6 Å². The van der Waals surface area contributed by atoms with Gasteiger partial charge in [0, 0.05) is 24.5 Å². The Hall–Kier alpha value is -1.58. The summed E-state index contributed by atoms with van der Waals surface area (Å²) in [6.07, 6.45) is 15.4. The third kappa shape index (κ3) is 7.44. The molecule has 0 spiro atoms. The molecule has 0 aromatic heterocycles. The second kappa shape index (κ2) is 16.0. The first-order valence-corrected chi connectivity index (χ1v) is 21.5. The summed E-state index contributed by atoms with van der Waals surface area (Å²) >= 11 is 1.77. The Kier molecular flexibility index (Phi) is 12.8. The highest BCUT2D eigenvalue weighted by molar-refractivity contribution is 7.99. The van der Waals surface area contributed by atoms with E-state index >= 15 is 0 Å². The van der Waals surface area contributed by atoms with E-state index in [2.05, 4.69) is 51.8 Å². The van der Waals surface area contributed by atoms with Crippen molar-refractivity contribution < 1.29 is 29.7 Å². The molecular weight excluding hydrogens is 661 g/mol. The first kappa shape index (κ1) is 40.6. The van der Waals surface area contributed by atoms with Gasteiger partial charge in [-0.05, 0) is 128 Å². The van der Waals surface area contributed by atoms with Gasteiger partial charge in [0.1, 0.15) is 6.54 Å². The van der Waals surface area contributed by atoms with Gasteiger partial charge in [0.05, 0.1) is 18.1 Å². The van der Waals surface area contributed by atoms with E-state index in [0.29, 0.717) is 48.3 Å². The fourth-order valence-electron chi connectivity index (χ4n) is 13.4. The van der Waals surface area contributed by atoms with Crippen molar-refractivity contribution >= 4 is 29.5 Å². The highest BCUT2D eigenvalue weighted by Crippen LogP contribution is 2.77. The number of unbranched alkanes of at least 4 members (excludes halogenated alkanes) is 4. The maximum Gasteiger partial charge on any atom is 0.322 e. The Bertz CT molecular complexity index is 1290. The molecule has 290 valence electrons. The lowest BCUT2D eigenvalue weighted by molar-refractivity contribution is -0.246. The van der Waals surface area contributed by atoms with Crippen LogP contribution in [-0.4, -0.2) is 70.4 Å². The smallest absolute Gasteiger partial charge is 0.322 e. The van der Waals surface area contributed by atoms with Gasteiger partial charge in [0.25, 0.3) is 0 Å². The number of fused-ring (bicyclic) bond motifs is 7. The highest BCUT2D eigenvalue weighted by Gasteiger charge is 2.71. The molecule has 0 aromatic carbocycles. The van der Waals surface area contributed by atoms with Crippen molar-refractivity contribution in [1.29, 1.82) is 0 Å². The molecule has 0 saturated heterocycles. The number of aliphatic hydroxyl groups is 2. The predicted octanol–water partition coefficient (Wildman–Crippen LogP) is 7.37. The summed E-state index contributed by atoms with van der Waals surface area (Å²) in [6, 6.07) is 0. The second-order valence-corrected chi connectivity index (χ2v) is 19.9. The number of aliphatic carboxylic acids is 1. The summed E-state index contributed by atoms with van der Waals surface area (Å²) in [6.45, 7) is 17.7. The number of carbonyl (C=O) groups excluding carboxylic acids is 2. The number of thioether (sulfide) groups is 1. The standard InChI is InChI=1S/C42H70N2O6S/c1-28(27-51-25-24-45)29-15-20-42(37(50)43-23-11-9-7-8-10-12-34(47)44-26-35(48)49)22-21-40(5)30(36(29)42)13-14-32-39(4)18-17-33(46)38(2,3)31(39)16-19-41(32,40)6/h29-33,36,45-46H,1,7-27H2,2-6H3,(H,43,50)(H,44,47)(H,48,49)/t29-,30+,31-,32?,33-,36+,39-,40+,41+,42-/m0/s1. The quantitative estimate of drug-likeness (QED) is 0.0827. The van der Waals surface area contributed by atoms with Crippen LogP contribution in [0.2, 0.25) is 0 Å². The van der Waals surface area contributed by atoms with Crippen LogP contribution < -0.4 is 10.6 Å². The lowest BCUT2D eigenvalue weighted by Gasteiger charge is -2.72. The SMILES string of the molecule is C=C(CSCCO)[C@@H]1CC[C@]2(C(=O)NCCCCCCCC(=O)NCC(=O)O)CC[C@]3(C)[C@H](CCC4[C@@]5(C)CC[C@H](O)C(C)(C)[C@@H]5CC[C@]43C)[C@@H]12. The van der Waals surface area contributed by atoms with Gasteiger partial charge in [-0.2, -0.15) is 11.8 Å². The number of rotatable bonds is 16. The molecule has 5 rings (SSSR count). The lowest BCUT2D eigenvalue weighted by atomic mass is 9.32. The van der Waals surface area contributed by atoms with E-state index in [1.54, 1.807) is 11.8 Å². The number of amides is 2. The summed E-state index contributed by atoms with van der Waals surface area (Å²) in [5, 5.41) is 35.2. The molecule has 0 aliphatic heterocycles. The summed E-state index contributed by atoms with van der Waals surface area (Å²) in [5.74, 6) is 2.83. The molecule has 5 aliphatic carbocycles. The number of hydrogen-bond donors (Lipinski definition) is 5. The first-order chi connectivity index (χ1) is 24.1. The van der Waals surface area contributed by atoms with Gasteiger partial charge >= 0.3 is 5.97 Å². The Morgan fingerprint density at radius 3 is 2.25 bits per heavy atom. The van der Waals surface area contributed by atoms with Crippen molar-refractivity contribution in [2.75, 3.05) is 31.2 Å². The number of carbonyl (C=O) groups is 3. The minimum absolute atomic E-state index is 0.0632. The monoisotopic (exact) mass is 730 g/mol. The zero-order chi connectivity index (χ0) is 37.2. The fraction of sp³-hybridized carbons (Fsp3) is 0.881. The molecule has 5 aliphatic rings. The summed E-state index contributed by atoms with van der Waals surface area (Å²) < 4.78 is 0. The van der Waals surface area contributed by atoms with Crippen LogP contribution in [0.4, 0.5) is 0 Å². The normalized spacial score (nSPS) is 39.5. The van der Waals surface area contributed by atoms with Gasteiger partial charge in [-0.15, -0.1) is 0 Å². The van der Waals surface area contributed by atoms with Crippen LogP contribution in [0.1, 0.15) is 137 Å². The summed E-state index contributed by atoms with van der Waals surface area (Å²) in [7, 11) is 0. The molecule has 0 heterocycles. The van der Waals surface area contributed by atoms with Crippen LogP contribution in [0.3, 0.4) is 0 Å². The third-order valence-electron chi connectivity index (χ3n) is 16.2. The fourth-order valence-corrected chi connectivity index (χ4v) is 14.1. The van der Waals surface area contributed by atoms with Crippen LogP contribution in [-0.2, 0) is 14.4 Å². The number of carboxylic acid groups (broad SMARTS) is 1. The number of nitrogens with one attached hydrogen (secondary N) is 2. The molecule has 9 heteroatoms. The van der Waals surface area contributed by atoms with Crippen molar-refractivity contribution in [2.45, 2.75) is 143 Å². The highest BCUT2D eigenvalue weighted by atomic mass is 32.2. The molecule has 51 heavy (non-hydrogen) atoms. The van der Waals surface area contributed by atoms with Gasteiger partial charge in [0.15, 0.2) is 0 Å². The van der Waals surface area contributed by atoms with Gasteiger partial charge in [-0.25, -0.2) is 0 Å². The van der Waals surface area contributed by atoms with Crippen molar-refractivity contribution in [2.24, 2.45) is 56.7 Å². The average molecular weight is 731 g/mol. The Labute approximate surface area is 312 Å². The molecule has 1 unspecified atom stereocenters. The van der Waals surface area contributed by atoms with Gasteiger partial charge in [-0.3, -0.25) is 14.4 Å². The summed E-state index contributed by atoms with van der Waals surface area (Å²) in [4.78, 5) is 37.0. The van der Waals surface area contributed by atoms with Crippen LogP contribution in [0, 0.1) is 56.7 Å². The third-order valence-corrected chi connectivity index (χ3v) is 17.3. The van der Waals surface area contributed by atoms with Crippen LogP contribution >= 0.6 is 11.8 Å². The number of aliphatic hydroxyl groups excluding tert-OH is 2. The molecule has 5 saturated carbocycles. The van der Waals surface area contributed by atoms with Crippen molar-refractivity contribution in [3.8, 4) is 0 Å². The van der Waals surface area contributed by atoms with Gasteiger partial charge < -0.3 is 26.0 Å². The van der Waals surface area contributed by atoms with Crippen LogP contribution in [0.15, 0.2) is 12.2 Å².